The summed E-state index contributed by atoms with van der Waals surface area (Å²) in [5.41, 5.74) is 0.0934. The lowest BCUT2D eigenvalue weighted by Crippen LogP contribution is -2.48. The van der Waals surface area contributed by atoms with E-state index in [1.165, 1.54) is 0 Å². The monoisotopic (exact) mass is 365 g/mol. The number of amides is 1. The van der Waals surface area contributed by atoms with Gasteiger partial charge in [0.25, 0.3) is 0 Å². The molecule has 1 aromatic carbocycles. The van der Waals surface area contributed by atoms with Gasteiger partial charge < -0.3 is 9.64 Å². The number of Topliss-reactive ketones (excluding diaryl/α,β-unsaturated/α-hetero) is 1. The second-order valence-electron chi connectivity index (χ2n) is 7.76. The van der Waals surface area contributed by atoms with Gasteiger partial charge >= 0.3 is 6.09 Å². The van der Waals surface area contributed by atoms with Gasteiger partial charge in [-0.1, -0.05) is 24.9 Å². The molecule has 1 saturated heterocycles. The number of benzene rings is 1. The first kappa shape index (κ1) is 19.8. The quantitative estimate of drug-likeness (QED) is 0.676. The van der Waals surface area contributed by atoms with Crippen LogP contribution in [-0.4, -0.2) is 35.0 Å². The van der Waals surface area contributed by atoms with E-state index in [1.807, 2.05) is 20.8 Å². The smallest absolute Gasteiger partial charge is 0.410 e. The predicted octanol–water partition coefficient (Wildman–Crippen LogP) is 5.34. The second-order valence-corrected chi connectivity index (χ2v) is 8.20. The van der Waals surface area contributed by atoms with Crippen molar-refractivity contribution in [3.8, 4) is 0 Å². The summed E-state index contributed by atoms with van der Waals surface area (Å²) >= 11 is 5.89. The van der Waals surface area contributed by atoms with Gasteiger partial charge in [-0.05, 0) is 63.8 Å². The SMILES string of the molecule is CCC1CCN(C(=O)OC(C)(C)C)C(CC(=O)c2ccc(Cl)cc2)C1. The van der Waals surface area contributed by atoms with E-state index < -0.39 is 5.60 Å². The standard InChI is InChI=1S/C20H28ClNO3/c1-5-14-10-11-22(19(24)25-20(2,3)4)17(12-14)13-18(23)15-6-8-16(21)9-7-15/h6-9,14,17H,5,10-13H2,1-4H3. The van der Waals surface area contributed by atoms with Gasteiger partial charge in [-0.2, -0.15) is 0 Å². The van der Waals surface area contributed by atoms with Crippen molar-refractivity contribution < 1.29 is 14.3 Å². The number of hydrogen-bond acceptors (Lipinski definition) is 3. The molecule has 25 heavy (non-hydrogen) atoms. The molecule has 0 aliphatic carbocycles. The molecule has 0 saturated carbocycles. The predicted molar refractivity (Wildman–Crippen MR) is 100 cm³/mol. The zero-order valence-electron chi connectivity index (χ0n) is 15.5. The fourth-order valence-electron chi connectivity index (χ4n) is 3.23. The van der Waals surface area contributed by atoms with Crippen LogP contribution in [0.15, 0.2) is 24.3 Å². The third kappa shape index (κ3) is 5.74. The molecule has 0 bridgehead atoms. The number of hydrogen-bond donors (Lipinski definition) is 0. The summed E-state index contributed by atoms with van der Waals surface area (Å²) in [4.78, 5) is 26.9. The highest BCUT2D eigenvalue weighted by molar-refractivity contribution is 6.30. The van der Waals surface area contributed by atoms with Crippen LogP contribution in [0.5, 0.6) is 0 Å². The minimum Gasteiger partial charge on any atom is -0.444 e. The van der Waals surface area contributed by atoms with E-state index in [2.05, 4.69) is 6.92 Å². The van der Waals surface area contributed by atoms with E-state index in [0.717, 1.165) is 19.3 Å². The van der Waals surface area contributed by atoms with Crippen molar-refractivity contribution in [1.82, 2.24) is 4.90 Å². The third-order valence-corrected chi connectivity index (χ3v) is 4.87. The maximum Gasteiger partial charge on any atom is 0.410 e. The number of piperidine rings is 1. The number of ether oxygens (including phenoxy) is 1. The molecule has 0 aromatic heterocycles. The van der Waals surface area contributed by atoms with Crippen LogP contribution in [0.1, 0.15) is 63.7 Å². The van der Waals surface area contributed by atoms with E-state index in [-0.39, 0.29) is 17.9 Å². The summed E-state index contributed by atoms with van der Waals surface area (Å²) < 4.78 is 5.54. The maximum atomic E-state index is 12.7. The van der Waals surface area contributed by atoms with E-state index in [9.17, 15) is 9.59 Å². The Kier molecular flexibility index (Phi) is 6.50. The Bertz CT molecular complexity index is 606. The molecule has 0 N–H and O–H groups in total. The highest BCUT2D eigenvalue weighted by Crippen LogP contribution is 2.29. The number of nitrogens with zero attached hydrogens (tertiary/aromatic N) is 1. The van der Waals surface area contributed by atoms with E-state index >= 15 is 0 Å². The second kappa shape index (κ2) is 8.22. The summed E-state index contributed by atoms with van der Waals surface area (Å²) in [6.07, 6.45) is 2.86. The Morgan fingerprint density at radius 1 is 1.24 bits per heavy atom. The molecule has 138 valence electrons. The number of ketones is 1. The fourth-order valence-corrected chi connectivity index (χ4v) is 3.35. The summed E-state index contributed by atoms with van der Waals surface area (Å²) in [6.45, 7) is 8.38. The number of carbonyl (C=O) groups excluding carboxylic acids is 2. The van der Waals surface area contributed by atoms with Gasteiger partial charge in [-0.3, -0.25) is 4.79 Å². The molecular weight excluding hydrogens is 338 g/mol. The van der Waals surface area contributed by atoms with Crippen LogP contribution >= 0.6 is 11.6 Å². The van der Waals surface area contributed by atoms with E-state index in [1.54, 1.807) is 29.2 Å². The molecule has 1 fully saturated rings. The van der Waals surface area contributed by atoms with Gasteiger partial charge in [0.15, 0.2) is 5.78 Å². The molecule has 1 aliphatic heterocycles. The molecule has 1 amide bonds. The summed E-state index contributed by atoms with van der Waals surface area (Å²) in [6, 6.07) is 6.80. The Hall–Kier alpha value is -1.55. The van der Waals surface area contributed by atoms with E-state index in [0.29, 0.717) is 29.5 Å². The Morgan fingerprint density at radius 2 is 1.88 bits per heavy atom. The largest absolute Gasteiger partial charge is 0.444 e. The van der Waals surface area contributed by atoms with Gasteiger partial charge in [0.2, 0.25) is 0 Å². The third-order valence-electron chi connectivity index (χ3n) is 4.62. The van der Waals surface area contributed by atoms with Crippen molar-refractivity contribution in [1.29, 1.82) is 0 Å². The lowest BCUT2D eigenvalue weighted by Gasteiger charge is -2.39. The molecule has 1 aromatic rings. The van der Waals surface area contributed by atoms with Crippen molar-refractivity contribution in [3.63, 3.8) is 0 Å². The van der Waals surface area contributed by atoms with E-state index in [4.69, 9.17) is 16.3 Å². The van der Waals surface area contributed by atoms with Crippen LogP contribution in [0, 0.1) is 5.92 Å². The number of likely N-dealkylation sites (tertiary alicyclic amines) is 1. The van der Waals surface area contributed by atoms with Crippen LogP contribution in [0.25, 0.3) is 0 Å². The maximum absolute atomic E-state index is 12.7. The highest BCUT2D eigenvalue weighted by atomic mass is 35.5. The van der Waals surface area contributed by atoms with Gasteiger partial charge in [0, 0.05) is 29.6 Å². The summed E-state index contributed by atoms with van der Waals surface area (Å²) in [5.74, 6) is 0.577. The average molecular weight is 366 g/mol. The van der Waals surface area contributed by atoms with Crippen LogP contribution in [0.2, 0.25) is 5.02 Å². The van der Waals surface area contributed by atoms with Crippen molar-refractivity contribution in [3.05, 3.63) is 34.9 Å². The van der Waals surface area contributed by atoms with Gasteiger partial charge in [-0.15, -0.1) is 0 Å². The topological polar surface area (TPSA) is 46.6 Å². The molecule has 4 nitrogen and oxygen atoms in total. The number of carbonyl (C=O) groups is 2. The van der Waals surface area contributed by atoms with Gasteiger partial charge in [0.05, 0.1) is 0 Å². The lowest BCUT2D eigenvalue weighted by atomic mass is 9.86. The van der Waals surface area contributed by atoms with Crippen LogP contribution < -0.4 is 0 Å². The Balaban J connectivity index is 2.12. The minimum absolute atomic E-state index is 0.0342. The molecule has 1 aliphatic rings. The first-order valence-electron chi connectivity index (χ1n) is 8.98. The Morgan fingerprint density at radius 3 is 2.44 bits per heavy atom. The molecule has 0 radical (unpaired) electrons. The fraction of sp³-hybridized carbons (Fsp3) is 0.600. The van der Waals surface area contributed by atoms with Crippen molar-refractivity contribution in [2.75, 3.05) is 6.54 Å². The van der Waals surface area contributed by atoms with Crippen LogP contribution in [0.4, 0.5) is 4.79 Å². The van der Waals surface area contributed by atoms with Crippen LogP contribution in [-0.2, 0) is 4.74 Å². The molecular formula is C20H28ClNO3. The minimum atomic E-state index is -0.538. The van der Waals surface area contributed by atoms with Gasteiger partial charge in [-0.25, -0.2) is 4.79 Å². The first-order chi connectivity index (χ1) is 11.7. The lowest BCUT2D eigenvalue weighted by molar-refractivity contribution is 0.00398. The number of rotatable bonds is 4. The molecule has 2 rings (SSSR count). The molecule has 5 heteroatoms. The Labute approximate surface area is 155 Å². The molecule has 2 unspecified atom stereocenters. The molecule has 2 atom stereocenters. The van der Waals surface area contributed by atoms with Crippen molar-refractivity contribution >= 4 is 23.5 Å². The average Bonchev–Trinajstić information content (AvgIpc) is 2.53. The molecule has 0 spiro atoms. The molecule has 1 heterocycles. The first-order valence-corrected chi connectivity index (χ1v) is 9.35. The van der Waals surface area contributed by atoms with Crippen molar-refractivity contribution in [2.24, 2.45) is 5.92 Å². The zero-order valence-corrected chi connectivity index (χ0v) is 16.3. The zero-order chi connectivity index (χ0) is 18.6. The van der Waals surface area contributed by atoms with Crippen molar-refractivity contribution in [2.45, 2.75) is 65.0 Å². The summed E-state index contributed by atoms with van der Waals surface area (Å²) in [5, 5.41) is 0.607. The van der Waals surface area contributed by atoms with Crippen LogP contribution in [0.3, 0.4) is 0 Å². The number of halogens is 1. The highest BCUT2D eigenvalue weighted by Gasteiger charge is 2.34. The van der Waals surface area contributed by atoms with Gasteiger partial charge in [0.1, 0.15) is 5.60 Å². The summed E-state index contributed by atoms with van der Waals surface area (Å²) in [7, 11) is 0. The normalized spacial score (nSPS) is 21.1.